The predicted molar refractivity (Wildman–Crippen MR) is 98.7 cm³/mol. The molecule has 1 fully saturated rings. The fourth-order valence-corrected chi connectivity index (χ4v) is 2.72. The lowest BCUT2D eigenvalue weighted by molar-refractivity contribution is -0.120. The van der Waals surface area contributed by atoms with Gasteiger partial charge in [0.1, 0.15) is 12.4 Å². The molecule has 1 amide bonds. The molecule has 5 heteroatoms. The highest BCUT2D eigenvalue weighted by molar-refractivity contribution is 5.92. The van der Waals surface area contributed by atoms with E-state index >= 15 is 0 Å². The number of amides is 1. The Morgan fingerprint density at radius 2 is 2.00 bits per heavy atom. The lowest BCUT2D eigenvalue weighted by Crippen LogP contribution is -2.37. The van der Waals surface area contributed by atoms with E-state index in [2.05, 4.69) is 10.6 Å². The number of rotatable bonds is 5. The van der Waals surface area contributed by atoms with Gasteiger partial charge in [-0.05, 0) is 37.1 Å². The topological polar surface area (TPSA) is 50.4 Å². The molecule has 0 bridgehead atoms. The number of ether oxygens (including phenoxy) is 1. The summed E-state index contributed by atoms with van der Waals surface area (Å²) in [5.74, 6) is 0.892. The van der Waals surface area contributed by atoms with E-state index in [1.807, 2.05) is 54.6 Å². The van der Waals surface area contributed by atoms with E-state index in [1.165, 1.54) is 0 Å². The van der Waals surface area contributed by atoms with Crippen LogP contribution < -0.4 is 15.4 Å². The van der Waals surface area contributed by atoms with Crippen molar-refractivity contribution < 1.29 is 9.53 Å². The van der Waals surface area contributed by atoms with Crippen LogP contribution >= 0.6 is 12.4 Å². The standard InChI is InChI=1S/C19H22N2O2.ClH/c22-19(16-8-5-11-20-13-16)21-17-9-4-10-18(12-17)23-14-15-6-2-1-3-7-15;/h1-4,6-7,9-10,12,16,20H,5,8,11,13-14H2,(H,21,22);1H. The minimum Gasteiger partial charge on any atom is -0.489 e. The molecule has 2 aromatic rings. The first kappa shape index (κ1) is 18.3. The van der Waals surface area contributed by atoms with Gasteiger partial charge in [-0.25, -0.2) is 0 Å². The van der Waals surface area contributed by atoms with Crippen LogP contribution in [0, 0.1) is 5.92 Å². The Labute approximate surface area is 149 Å². The Morgan fingerprint density at radius 1 is 1.17 bits per heavy atom. The molecule has 0 saturated carbocycles. The van der Waals surface area contributed by atoms with Gasteiger partial charge in [-0.3, -0.25) is 4.79 Å². The fourth-order valence-electron chi connectivity index (χ4n) is 2.72. The van der Waals surface area contributed by atoms with Crippen molar-refractivity contribution in [3.63, 3.8) is 0 Å². The zero-order chi connectivity index (χ0) is 15.9. The fraction of sp³-hybridized carbons (Fsp3) is 0.316. The van der Waals surface area contributed by atoms with Crippen LogP contribution in [0.3, 0.4) is 0 Å². The maximum absolute atomic E-state index is 12.3. The predicted octanol–water partition coefficient (Wildman–Crippen LogP) is 3.63. The Bertz CT molecular complexity index is 643. The van der Waals surface area contributed by atoms with Crippen molar-refractivity contribution in [1.82, 2.24) is 5.32 Å². The van der Waals surface area contributed by atoms with Crippen LogP contribution in [0.5, 0.6) is 5.75 Å². The monoisotopic (exact) mass is 346 g/mol. The van der Waals surface area contributed by atoms with Crippen LogP contribution in [0.15, 0.2) is 54.6 Å². The van der Waals surface area contributed by atoms with Crippen molar-refractivity contribution in [2.75, 3.05) is 18.4 Å². The Kier molecular flexibility index (Phi) is 7.09. The number of benzene rings is 2. The van der Waals surface area contributed by atoms with E-state index in [0.717, 1.165) is 42.9 Å². The second-order valence-electron chi connectivity index (χ2n) is 5.83. The molecule has 1 aliphatic rings. The summed E-state index contributed by atoms with van der Waals surface area (Å²) < 4.78 is 5.80. The first-order valence-corrected chi connectivity index (χ1v) is 8.09. The number of hydrogen-bond acceptors (Lipinski definition) is 3. The second-order valence-corrected chi connectivity index (χ2v) is 5.83. The lowest BCUT2D eigenvalue weighted by atomic mass is 9.99. The smallest absolute Gasteiger partial charge is 0.228 e. The van der Waals surface area contributed by atoms with Crippen LogP contribution in [0.2, 0.25) is 0 Å². The van der Waals surface area contributed by atoms with Crippen LogP contribution in [0.1, 0.15) is 18.4 Å². The number of carbonyl (C=O) groups is 1. The number of anilines is 1. The zero-order valence-electron chi connectivity index (χ0n) is 13.5. The summed E-state index contributed by atoms with van der Waals surface area (Å²) in [6.45, 7) is 2.29. The van der Waals surface area contributed by atoms with E-state index in [1.54, 1.807) is 0 Å². The highest BCUT2D eigenvalue weighted by atomic mass is 35.5. The third-order valence-corrected chi connectivity index (χ3v) is 4.02. The van der Waals surface area contributed by atoms with Gasteiger partial charge in [0, 0.05) is 18.3 Å². The first-order chi connectivity index (χ1) is 11.3. The maximum Gasteiger partial charge on any atom is 0.228 e. The third kappa shape index (κ3) is 5.25. The number of halogens is 1. The average Bonchev–Trinajstić information content (AvgIpc) is 2.62. The highest BCUT2D eigenvalue weighted by Gasteiger charge is 2.20. The van der Waals surface area contributed by atoms with Gasteiger partial charge in [0.25, 0.3) is 0 Å². The van der Waals surface area contributed by atoms with Gasteiger partial charge >= 0.3 is 0 Å². The lowest BCUT2D eigenvalue weighted by Gasteiger charge is -2.22. The van der Waals surface area contributed by atoms with Crippen molar-refractivity contribution in [2.24, 2.45) is 5.92 Å². The Hall–Kier alpha value is -2.04. The molecule has 1 unspecified atom stereocenters. The maximum atomic E-state index is 12.3. The molecule has 3 rings (SSSR count). The number of piperidine rings is 1. The molecule has 1 aliphatic heterocycles. The van der Waals surface area contributed by atoms with Crippen LogP contribution in [0.25, 0.3) is 0 Å². The van der Waals surface area contributed by atoms with Gasteiger partial charge in [0.2, 0.25) is 5.91 Å². The van der Waals surface area contributed by atoms with Crippen LogP contribution in [-0.4, -0.2) is 19.0 Å². The largest absolute Gasteiger partial charge is 0.489 e. The van der Waals surface area contributed by atoms with Crippen molar-refractivity contribution >= 4 is 24.0 Å². The van der Waals surface area contributed by atoms with Gasteiger partial charge in [-0.15, -0.1) is 12.4 Å². The summed E-state index contributed by atoms with van der Waals surface area (Å²) in [5.41, 5.74) is 1.90. The highest BCUT2D eigenvalue weighted by Crippen LogP contribution is 2.20. The van der Waals surface area contributed by atoms with Crippen molar-refractivity contribution in [3.05, 3.63) is 60.2 Å². The summed E-state index contributed by atoms with van der Waals surface area (Å²) in [6.07, 6.45) is 2.00. The van der Waals surface area contributed by atoms with Gasteiger partial charge < -0.3 is 15.4 Å². The summed E-state index contributed by atoms with van der Waals surface area (Å²) in [4.78, 5) is 12.3. The minimum absolute atomic E-state index is 0. The molecule has 2 N–H and O–H groups in total. The molecule has 1 saturated heterocycles. The zero-order valence-corrected chi connectivity index (χ0v) is 14.4. The van der Waals surface area contributed by atoms with Crippen LogP contribution in [0.4, 0.5) is 5.69 Å². The van der Waals surface area contributed by atoms with Gasteiger partial charge in [0.05, 0.1) is 5.92 Å². The molecule has 24 heavy (non-hydrogen) atoms. The van der Waals surface area contributed by atoms with Crippen molar-refractivity contribution in [2.45, 2.75) is 19.4 Å². The molecule has 2 aromatic carbocycles. The number of hydrogen-bond donors (Lipinski definition) is 2. The number of nitrogens with one attached hydrogen (secondary N) is 2. The first-order valence-electron chi connectivity index (χ1n) is 8.09. The molecule has 1 atom stereocenters. The van der Waals surface area contributed by atoms with E-state index < -0.39 is 0 Å². The molecule has 0 radical (unpaired) electrons. The quantitative estimate of drug-likeness (QED) is 0.869. The molecule has 1 heterocycles. The summed E-state index contributed by atoms with van der Waals surface area (Å²) in [5, 5.41) is 6.26. The molecule has 0 aliphatic carbocycles. The normalized spacial score (nSPS) is 16.8. The summed E-state index contributed by atoms with van der Waals surface area (Å²) >= 11 is 0. The van der Waals surface area contributed by atoms with Crippen molar-refractivity contribution in [3.8, 4) is 5.75 Å². The molecule has 0 aromatic heterocycles. The Balaban J connectivity index is 0.00000208. The third-order valence-electron chi connectivity index (χ3n) is 4.02. The molecular weight excluding hydrogens is 324 g/mol. The SMILES string of the molecule is Cl.O=C(Nc1cccc(OCc2ccccc2)c1)C1CCCNC1. The van der Waals surface area contributed by atoms with Crippen molar-refractivity contribution in [1.29, 1.82) is 0 Å². The minimum atomic E-state index is 0. The van der Waals surface area contributed by atoms with Gasteiger partial charge in [0.15, 0.2) is 0 Å². The van der Waals surface area contributed by atoms with Gasteiger partial charge in [-0.1, -0.05) is 36.4 Å². The number of carbonyl (C=O) groups excluding carboxylic acids is 1. The Morgan fingerprint density at radius 3 is 2.75 bits per heavy atom. The van der Waals surface area contributed by atoms with Crippen LogP contribution in [-0.2, 0) is 11.4 Å². The molecule has 4 nitrogen and oxygen atoms in total. The molecule has 128 valence electrons. The molecular formula is C19H23ClN2O2. The van der Waals surface area contributed by atoms with Gasteiger partial charge in [-0.2, -0.15) is 0 Å². The van der Waals surface area contributed by atoms with E-state index in [0.29, 0.717) is 6.61 Å². The van der Waals surface area contributed by atoms with E-state index in [9.17, 15) is 4.79 Å². The summed E-state index contributed by atoms with van der Waals surface area (Å²) in [7, 11) is 0. The molecule has 0 spiro atoms. The van der Waals surface area contributed by atoms with E-state index in [-0.39, 0.29) is 24.2 Å². The summed E-state index contributed by atoms with van der Waals surface area (Å²) in [6, 6.07) is 17.6. The average molecular weight is 347 g/mol. The van der Waals surface area contributed by atoms with E-state index in [4.69, 9.17) is 4.74 Å². The second kappa shape index (κ2) is 9.30.